The van der Waals surface area contributed by atoms with E-state index < -0.39 is 0 Å². The molecule has 0 amide bonds. The third kappa shape index (κ3) is 4.48. The van der Waals surface area contributed by atoms with Crippen LogP contribution < -0.4 is 10.6 Å². The van der Waals surface area contributed by atoms with Crippen molar-refractivity contribution in [3.8, 4) is 12.8 Å². The van der Waals surface area contributed by atoms with Gasteiger partial charge in [0.2, 0.25) is 0 Å². The van der Waals surface area contributed by atoms with Crippen LogP contribution >= 0.6 is 35.0 Å². The minimum Gasteiger partial charge on any atom is -0.381 e. The second-order valence-electron chi connectivity index (χ2n) is 7.13. The molecule has 1 saturated carbocycles. The maximum absolute atomic E-state index is 6.20. The SMILES string of the molecule is C#C.Nc1nc(N2CCC3(CCCC3)CC2)cnc1Sc1ccnc(Cl)c1Cl. The van der Waals surface area contributed by atoms with Crippen LogP contribution in [0.1, 0.15) is 38.5 Å². The molecule has 2 aromatic rings. The Hall–Kier alpha value is -1.68. The van der Waals surface area contributed by atoms with E-state index in [2.05, 4.69) is 32.7 Å². The van der Waals surface area contributed by atoms with Crippen LogP contribution in [0, 0.1) is 18.3 Å². The van der Waals surface area contributed by atoms with E-state index in [1.807, 2.05) is 6.20 Å². The first-order valence-corrected chi connectivity index (χ1v) is 10.8. The molecular weight excluding hydrogens is 413 g/mol. The van der Waals surface area contributed by atoms with Crippen LogP contribution in [0.2, 0.25) is 10.2 Å². The van der Waals surface area contributed by atoms with Crippen molar-refractivity contribution < 1.29 is 0 Å². The molecule has 1 aliphatic carbocycles. The average Bonchev–Trinajstić information content (AvgIpc) is 3.17. The highest BCUT2D eigenvalue weighted by Gasteiger charge is 2.37. The number of piperidine rings is 1. The lowest BCUT2D eigenvalue weighted by Crippen LogP contribution is -2.39. The number of hydrogen-bond acceptors (Lipinski definition) is 6. The summed E-state index contributed by atoms with van der Waals surface area (Å²) in [7, 11) is 0. The zero-order chi connectivity index (χ0) is 20.1. The lowest BCUT2D eigenvalue weighted by Gasteiger charge is -2.39. The van der Waals surface area contributed by atoms with Gasteiger partial charge in [0.15, 0.2) is 5.82 Å². The van der Waals surface area contributed by atoms with E-state index in [1.54, 1.807) is 12.3 Å². The second kappa shape index (κ2) is 9.21. The van der Waals surface area contributed by atoms with Crippen LogP contribution in [0.4, 0.5) is 11.6 Å². The average molecular weight is 436 g/mol. The fourth-order valence-electron chi connectivity index (χ4n) is 4.03. The number of rotatable bonds is 3. The van der Waals surface area contributed by atoms with Gasteiger partial charge in [-0.2, -0.15) is 0 Å². The minimum absolute atomic E-state index is 0.272. The monoisotopic (exact) mass is 435 g/mol. The number of hydrogen-bond donors (Lipinski definition) is 1. The molecule has 2 aromatic heterocycles. The highest BCUT2D eigenvalue weighted by Crippen LogP contribution is 2.46. The molecular formula is C20H23Cl2N5S. The summed E-state index contributed by atoms with van der Waals surface area (Å²) in [6.45, 7) is 2.07. The number of nitrogen functional groups attached to an aromatic ring is 1. The van der Waals surface area contributed by atoms with Gasteiger partial charge in [0.25, 0.3) is 0 Å². The summed E-state index contributed by atoms with van der Waals surface area (Å²) in [4.78, 5) is 16.1. The van der Waals surface area contributed by atoms with E-state index in [0.717, 1.165) is 23.8 Å². The van der Waals surface area contributed by atoms with Crippen LogP contribution in [0.15, 0.2) is 28.4 Å². The van der Waals surface area contributed by atoms with E-state index in [4.69, 9.17) is 28.9 Å². The van der Waals surface area contributed by atoms with Crippen LogP contribution in [-0.2, 0) is 0 Å². The molecule has 2 N–H and O–H groups in total. The quantitative estimate of drug-likeness (QED) is 0.519. The van der Waals surface area contributed by atoms with E-state index >= 15 is 0 Å². The number of nitrogens with two attached hydrogens (primary N) is 1. The fraction of sp³-hybridized carbons (Fsp3) is 0.450. The molecule has 148 valence electrons. The first-order valence-electron chi connectivity index (χ1n) is 9.25. The summed E-state index contributed by atoms with van der Waals surface area (Å²) in [5.41, 5.74) is 6.75. The Kier molecular flexibility index (Phi) is 6.92. The van der Waals surface area contributed by atoms with Crippen molar-refractivity contribution in [2.45, 2.75) is 48.4 Å². The van der Waals surface area contributed by atoms with Gasteiger partial charge in [-0.3, -0.25) is 0 Å². The van der Waals surface area contributed by atoms with Gasteiger partial charge in [-0.1, -0.05) is 47.8 Å². The molecule has 1 saturated heterocycles. The van der Waals surface area contributed by atoms with E-state index in [0.29, 0.717) is 21.3 Å². The third-order valence-electron chi connectivity index (χ3n) is 5.58. The molecule has 1 aliphatic heterocycles. The Bertz CT molecular complexity index is 842. The van der Waals surface area contributed by atoms with E-state index in [9.17, 15) is 0 Å². The molecule has 0 aromatic carbocycles. The van der Waals surface area contributed by atoms with Crippen LogP contribution in [0.5, 0.6) is 0 Å². The molecule has 5 nitrogen and oxygen atoms in total. The van der Waals surface area contributed by atoms with Gasteiger partial charge >= 0.3 is 0 Å². The summed E-state index contributed by atoms with van der Waals surface area (Å²) in [6, 6.07) is 1.79. The van der Waals surface area contributed by atoms with Crippen molar-refractivity contribution >= 4 is 46.6 Å². The fourth-order valence-corrected chi connectivity index (χ4v) is 5.25. The minimum atomic E-state index is 0.272. The van der Waals surface area contributed by atoms with Crippen LogP contribution in [0.25, 0.3) is 0 Å². The standard InChI is InChI=1S/C18H21Cl2N5S.C2H2/c19-14-12(3-8-22-15(14)20)26-17-16(21)24-13(11-23-17)25-9-6-18(7-10-25)4-1-2-5-18;1-2/h3,8,11H,1-2,4-7,9-10H2,(H2,21,24);1-2H. The van der Waals surface area contributed by atoms with E-state index in [-0.39, 0.29) is 5.15 Å². The summed E-state index contributed by atoms with van der Waals surface area (Å²) in [5, 5.41) is 1.30. The summed E-state index contributed by atoms with van der Waals surface area (Å²) in [5.74, 6) is 1.27. The van der Waals surface area contributed by atoms with E-state index in [1.165, 1.54) is 50.3 Å². The Labute approximate surface area is 180 Å². The second-order valence-corrected chi connectivity index (χ2v) is 8.90. The highest BCUT2D eigenvalue weighted by atomic mass is 35.5. The lowest BCUT2D eigenvalue weighted by molar-refractivity contribution is 0.226. The summed E-state index contributed by atoms with van der Waals surface area (Å²) >= 11 is 13.5. The normalized spacial score (nSPS) is 17.9. The molecule has 2 aliphatic rings. The first-order chi connectivity index (χ1) is 13.6. The van der Waals surface area contributed by atoms with Crippen molar-refractivity contribution in [3.63, 3.8) is 0 Å². The van der Waals surface area contributed by atoms with Gasteiger partial charge in [-0.05, 0) is 37.2 Å². The van der Waals surface area contributed by atoms with Crippen molar-refractivity contribution in [2.24, 2.45) is 5.41 Å². The first kappa shape index (κ1) is 21.0. The van der Waals surface area contributed by atoms with Gasteiger partial charge in [0.1, 0.15) is 16.0 Å². The molecule has 0 atom stereocenters. The zero-order valence-corrected chi connectivity index (χ0v) is 17.9. The molecule has 3 heterocycles. The smallest absolute Gasteiger partial charge is 0.158 e. The maximum Gasteiger partial charge on any atom is 0.158 e. The third-order valence-corrected chi connectivity index (χ3v) is 7.53. The number of nitrogens with zero attached hydrogens (tertiary/aromatic N) is 4. The number of halogens is 2. The van der Waals surface area contributed by atoms with Crippen molar-refractivity contribution in [3.05, 3.63) is 28.6 Å². The molecule has 1 spiro atoms. The molecule has 4 rings (SSSR count). The molecule has 0 radical (unpaired) electrons. The Morgan fingerprint density at radius 3 is 2.39 bits per heavy atom. The largest absolute Gasteiger partial charge is 0.381 e. The molecule has 8 heteroatoms. The molecule has 0 bridgehead atoms. The Morgan fingerprint density at radius 1 is 1.07 bits per heavy atom. The van der Waals surface area contributed by atoms with Gasteiger partial charge in [0.05, 0.1) is 11.2 Å². The summed E-state index contributed by atoms with van der Waals surface area (Å²) in [6.07, 6.45) is 19.5. The molecule has 28 heavy (non-hydrogen) atoms. The lowest BCUT2D eigenvalue weighted by atomic mass is 9.77. The zero-order valence-electron chi connectivity index (χ0n) is 15.6. The van der Waals surface area contributed by atoms with Crippen molar-refractivity contribution in [1.29, 1.82) is 0 Å². The number of terminal acetylenes is 1. The van der Waals surface area contributed by atoms with Crippen LogP contribution in [-0.4, -0.2) is 28.0 Å². The van der Waals surface area contributed by atoms with Crippen molar-refractivity contribution in [2.75, 3.05) is 23.7 Å². The molecule has 0 unspecified atom stereocenters. The number of anilines is 2. The topological polar surface area (TPSA) is 67.9 Å². The number of aromatic nitrogens is 3. The Morgan fingerprint density at radius 2 is 1.75 bits per heavy atom. The molecule has 2 fully saturated rings. The van der Waals surface area contributed by atoms with Crippen molar-refractivity contribution in [1.82, 2.24) is 15.0 Å². The number of pyridine rings is 1. The van der Waals surface area contributed by atoms with Gasteiger partial charge in [-0.15, -0.1) is 12.8 Å². The van der Waals surface area contributed by atoms with Gasteiger partial charge in [0, 0.05) is 24.2 Å². The van der Waals surface area contributed by atoms with Gasteiger partial charge in [-0.25, -0.2) is 15.0 Å². The summed E-state index contributed by atoms with van der Waals surface area (Å²) < 4.78 is 0. The predicted octanol–water partition coefficient (Wildman–Crippen LogP) is 5.32. The van der Waals surface area contributed by atoms with Gasteiger partial charge < -0.3 is 10.6 Å². The Balaban J connectivity index is 0.00000109. The maximum atomic E-state index is 6.20. The van der Waals surface area contributed by atoms with Crippen LogP contribution in [0.3, 0.4) is 0 Å². The highest BCUT2D eigenvalue weighted by molar-refractivity contribution is 7.99. The predicted molar refractivity (Wildman–Crippen MR) is 117 cm³/mol.